The fourth-order valence-electron chi connectivity index (χ4n) is 3.01. The van der Waals surface area contributed by atoms with Gasteiger partial charge < -0.3 is 15.2 Å². The van der Waals surface area contributed by atoms with Crippen LogP contribution in [0.5, 0.6) is 5.75 Å². The number of hydrogen-bond acceptors (Lipinski definition) is 3. The maximum absolute atomic E-state index is 11.9. The minimum Gasteiger partial charge on any atom is -0.491 e. The Morgan fingerprint density at radius 3 is 2.68 bits per heavy atom. The van der Waals surface area contributed by atoms with Gasteiger partial charge in [0, 0.05) is 0 Å². The van der Waals surface area contributed by atoms with Gasteiger partial charge in [-0.15, -0.1) is 0 Å². The van der Waals surface area contributed by atoms with E-state index in [1.165, 1.54) is 5.56 Å². The number of hydrogen-bond donors (Lipinski definition) is 2. The highest BCUT2D eigenvalue weighted by Crippen LogP contribution is 2.32. The van der Waals surface area contributed by atoms with E-state index in [1.807, 2.05) is 18.2 Å². The lowest BCUT2D eigenvalue weighted by molar-refractivity contribution is -0.126. The number of ether oxygens (including phenoxy) is 1. The van der Waals surface area contributed by atoms with Crippen molar-refractivity contribution in [3.05, 3.63) is 29.8 Å². The van der Waals surface area contributed by atoms with Crippen LogP contribution < -0.4 is 10.1 Å². The second-order valence-corrected chi connectivity index (χ2v) is 6.50. The van der Waals surface area contributed by atoms with Gasteiger partial charge in [0.25, 0.3) is 0 Å². The third-order valence-corrected chi connectivity index (χ3v) is 4.25. The smallest absolute Gasteiger partial charge is 0.223 e. The molecule has 0 radical (unpaired) electrons. The van der Waals surface area contributed by atoms with Gasteiger partial charge in [0.05, 0.1) is 18.6 Å². The first-order chi connectivity index (χ1) is 10.5. The maximum atomic E-state index is 11.9. The number of amides is 1. The van der Waals surface area contributed by atoms with Crippen LogP contribution in [0.2, 0.25) is 0 Å². The Morgan fingerprint density at radius 1 is 1.32 bits per heavy atom. The molecule has 0 spiro atoms. The average molecular weight is 305 g/mol. The summed E-state index contributed by atoms with van der Waals surface area (Å²) in [7, 11) is 0. The lowest BCUT2D eigenvalue weighted by Crippen LogP contribution is -2.36. The van der Waals surface area contributed by atoms with Crippen molar-refractivity contribution in [2.75, 3.05) is 13.2 Å². The quantitative estimate of drug-likeness (QED) is 0.761. The van der Waals surface area contributed by atoms with Crippen LogP contribution >= 0.6 is 0 Å². The van der Waals surface area contributed by atoms with Crippen molar-refractivity contribution >= 4 is 5.91 Å². The predicted molar refractivity (Wildman–Crippen MR) is 87.1 cm³/mol. The molecule has 0 bridgehead atoms. The Bertz CT molecular complexity index is 493. The summed E-state index contributed by atoms with van der Waals surface area (Å²) in [4.78, 5) is 11.9. The summed E-state index contributed by atoms with van der Waals surface area (Å²) in [6, 6.07) is 7.98. The SMILES string of the molecule is CC(C)c1ccccc1OCCNC(=O)CC1(O)CCCC1. The molecule has 1 aliphatic rings. The molecule has 0 aliphatic heterocycles. The predicted octanol–water partition coefficient (Wildman–Crippen LogP) is 3.00. The average Bonchev–Trinajstić information content (AvgIpc) is 2.90. The molecule has 2 N–H and O–H groups in total. The van der Waals surface area contributed by atoms with Crippen LogP contribution in [0, 0.1) is 0 Å². The third kappa shape index (κ3) is 4.73. The van der Waals surface area contributed by atoms with Gasteiger partial charge in [-0.05, 0) is 30.4 Å². The summed E-state index contributed by atoms with van der Waals surface area (Å²) in [5.74, 6) is 1.19. The Balaban J connectivity index is 1.72. The van der Waals surface area contributed by atoms with Crippen molar-refractivity contribution in [3.8, 4) is 5.75 Å². The van der Waals surface area contributed by atoms with Gasteiger partial charge in [-0.3, -0.25) is 4.79 Å². The first kappa shape index (κ1) is 16.8. The summed E-state index contributed by atoms with van der Waals surface area (Å²) in [5, 5.41) is 13.0. The molecule has 0 unspecified atom stereocenters. The van der Waals surface area contributed by atoms with Gasteiger partial charge in [-0.1, -0.05) is 44.9 Å². The molecule has 1 aliphatic carbocycles. The molecule has 0 atom stereocenters. The van der Waals surface area contributed by atoms with Crippen LogP contribution in [-0.2, 0) is 4.79 Å². The number of rotatable bonds is 7. The van der Waals surface area contributed by atoms with E-state index in [1.54, 1.807) is 0 Å². The fourth-order valence-corrected chi connectivity index (χ4v) is 3.01. The molecule has 4 heteroatoms. The van der Waals surface area contributed by atoms with E-state index in [4.69, 9.17) is 4.74 Å². The molecule has 2 rings (SSSR count). The van der Waals surface area contributed by atoms with Crippen molar-refractivity contribution in [3.63, 3.8) is 0 Å². The van der Waals surface area contributed by atoms with Crippen LogP contribution in [0.3, 0.4) is 0 Å². The minimum atomic E-state index is -0.783. The topological polar surface area (TPSA) is 58.6 Å². The van der Waals surface area contributed by atoms with E-state index in [9.17, 15) is 9.90 Å². The second-order valence-electron chi connectivity index (χ2n) is 6.50. The molecule has 1 aromatic rings. The molecular weight excluding hydrogens is 278 g/mol. The van der Waals surface area contributed by atoms with Crippen LogP contribution in [0.1, 0.15) is 57.4 Å². The van der Waals surface area contributed by atoms with E-state index in [0.717, 1.165) is 31.4 Å². The Morgan fingerprint density at radius 2 is 2.00 bits per heavy atom. The molecule has 0 saturated heterocycles. The summed E-state index contributed by atoms with van der Waals surface area (Å²) >= 11 is 0. The molecule has 22 heavy (non-hydrogen) atoms. The monoisotopic (exact) mass is 305 g/mol. The molecule has 1 saturated carbocycles. The number of nitrogens with one attached hydrogen (secondary N) is 1. The number of para-hydroxylation sites is 1. The summed E-state index contributed by atoms with van der Waals surface area (Å²) in [6.45, 7) is 5.16. The molecular formula is C18H27NO3. The van der Waals surface area contributed by atoms with Crippen LogP contribution in [0.15, 0.2) is 24.3 Å². The zero-order valence-electron chi connectivity index (χ0n) is 13.6. The standard InChI is InChI=1S/C18H27NO3/c1-14(2)15-7-3-4-8-16(15)22-12-11-19-17(20)13-18(21)9-5-6-10-18/h3-4,7-8,14,21H,5-6,9-13H2,1-2H3,(H,19,20). The highest BCUT2D eigenvalue weighted by molar-refractivity contribution is 5.77. The molecule has 0 aromatic heterocycles. The van der Waals surface area contributed by atoms with E-state index < -0.39 is 5.60 Å². The van der Waals surface area contributed by atoms with Gasteiger partial charge in [-0.2, -0.15) is 0 Å². The van der Waals surface area contributed by atoms with E-state index in [0.29, 0.717) is 19.1 Å². The summed E-state index contributed by atoms with van der Waals surface area (Å²) < 4.78 is 5.77. The van der Waals surface area contributed by atoms with Crippen LogP contribution in [-0.4, -0.2) is 29.8 Å². The van der Waals surface area contributed by atoms with E-state index in [2.05, 4.69) is 25.2 Å². The van der Waals surface area contributed by atoms with Crippen molar-refractivity contribution in [2.24, 2.45) is 0 Å². The lowest BCUT2D eigenvalue weighted by atomic mass is 9.98. The summed E-state index contributed by atoms with van der Waals surface area (Å²) in [6.07, 6.45) is 3.70. The number of carbonyl (C=O) groups is 1. The normalized spacial score (nSPS) is 16.7. The van der Waals surface area contributed by atoms with E-state index in [-0.39, 0.29) is 12.3 Å². The second kappa shape index (κ2) is 7.63. The first-order valence-electron chi connectivity index (χ1n) is 8.21. The molecule has 1 amide bonds. The van der Waals surface area contributed by atoms with Gasteiger partial charge in [0.1, 0.15) is 12.4 Å². The third-order valence-electron chi connectivity index (χ3n) is 4.25. The fraction of sp³-hybridized carbons (Fsp3) is 0.611. The van der Waals surface area contributed by atoms with E-state index >= 15 is 0 Å². The molecule has 1 aromatic carbocycles. The maximum Gasteiger partial charge on any atom is 0.223 e. The zero-order valence-corrected chi connectivity index (χ0v) is 13.6. The Kier molecular flexibility index (Phi) is 5.83. The van der Waals surface area contributed by atoms with Crippen molar-refractivity contribution in [1.29, 1.82) is 0 Å². The molecule has 122 valence electrons. The largest absolute Gasteiger partial charge is 0.491 e. The lowest BCUT2D eigenvalue weighted by Gasteiger charge is -2.21. The van der Waals surface area contributed by atoms with Crippen molar-refractivity contribution in [1.82, 2.24) is 5.32 Å². The van der Waals surface area contributed by atoms with Gasteiger partial charge in [-0.25, -0.2) is 0 Å². The van der Waals surface area contributed by atoms with Crippen molar-refractivity contribution < 1.29 is 14.6 Å². The van der Waals surface area contributed by atoms with Gasteiger partial charge in [0.2, 0.25) is 5.91 Å². The molecule has 4 nitrogen and oxygen atoms in total. The molecule has 1 fully saturated rings. The Hall–Kier alpha value is -1.55. The highest BCUT2D eigenvalue weighted by atomic mass is 16.5. The minimum absolute atomic E-state index is 0.0925. The first-order valence-corrected chi connectivity index (χ1v) is 8.21. The van der Waals surface area contributed by atoms with Crippen molar-refractivity contribution in [2.45, 2.75) is 57.5 Å². The number of carbonyl (C=O) groups excluding carboxylic acids is 1. The zero-order chi connectivity index (χ0) is 16.0. The Labute approximate surface area is 132 Å². The highest BCUT2D eigenvalue weighted by Gasteiger charge is 2.33. The number of benzene rings is 1. The van der Waals surface area contributed by atoms with Crippen LogP contribution in [0.4, 0.5) is 0 Å². The summed E-state index contributed by atoms with van der Waals surface area (Å²) in [5.41, 5.74) is 0.393. The molecule has 0 heterocycles. The van der Waals surface area contributed by atoms with Crippen LogP contribution in [0.25, 0.3) is 0 Å². The number of aliphatic hydroxyl groups is 1. The van der Waals surface area contributed by atoms with Gasteiger partial charge in [0.15, 0.2) is 0 Å². The van der Waals surface area contributed by atoms with Gasteiger partial charge >= 0.3 is 0 Å².